The summed E-state index contributed by atoms with van der Waals surface area (Å²) in [4.78, 5) is 13.5. The Morgan fingerprint density at radius 3 is 2.82 bits per heavy atom. The molecule has 1 heterocycles. The molecule has 6 heteroatoms. The molecule has 22 heavy (non-hydrogen) atoms. The lowest BCUT2D eigenvalue weighted by molar-refractivity contribution is 0.187. The Hall–Kier alpha value is -2.37. The maximum absolute atomic E-state index is 13.5. The lowest BCUT2D eigenvalue weighted by Gasteiger charge is -2.23. The summed E-state index contributed by atoms with van der Waals surface area (Å²) >= 11 is 0. The number of furan rings is 1. The molecule has 0 saturated heterocycles. The van der Waals surface area contributed by atoms with Crippen LogP contribution in [0.2, 0.25) is 0 Å². The van der Waals surface area contributed by atoms with Crippen LogP contribution >= 0.6 is 0 Å². The summed E-state index contributed by atoms with van der Waals surface area (Å²) in [5, 5.41) is 2.68. The third kappa shape index (κ3) is 3.84. The van der Waals surface area contributed by atoms with Crippen LogP contribution in [0.4, 0.5) is 13.6 Å². The summed E-state index contributed by atoms with van der Waals surface area (Å²) in [6, 6.07) is 6.30. The van der Waals surface area contributed by atoms with E-state index < -0.39 is 11.6 Å². The molecular formula is C16H18F2N2O2. The van der Waals surface area contributed by atoms with E-state index in [0.29, 0.717) is 5.76 Å². The van der Waals surface area contributed by atoms with Gasteiger partial charge < -0.3 is 14.6 Å². The molecule has 0 saturated carbocycles. The molecule has 1 N–H and O–H groups in total. The molecule has 2 rings (SSSR count). The number of hydrogen-bond donors (Lipinski definition) is 1. The highest BCUT2D eigenvalue weighted by Crippen LogP contribution is 2.18. The summed E-state index contributed by atoms with van der Waals surface area (Å²) in [7, 11) is 1.64. The van der Waals surface area contributed by atoms with Gasteiger partial charge in [-0.1, -0.05) is 0 Å². The predicted octanol–water partition coefficient (Wildman–Crippen LogP) is 3.50. The Morgan fingerprint density at radius 1 is 1.36 bits per heavy atom. The lowest BCUT2D eigenvalue weighted by Crippen LogP contribution is -2.39. The highest BCUT2D eigenvalue weighted by Gasteiger charge is 2.19. The number of carbonyl (C=O) groups excluding carboxylic acids is 1. The van der Waals surface area contributed by atoms with E-state index in [-0.39, 0.29) is 30.6 Å². The number of nitrogens with zero attached hydrogens (tertiary/aromatic N) is 1. The van der Waals surface area contributed by atoms with E-state index in [1.807, 2.05) is 6.92 Å². The topological polar surface area (TPSA) is 45.5 Å². The van der Waals surface area contributed by atoms with Gasteiger partial charge in [0.25, 0.3) is 0 Å². The first kappa shape index (κ1) is 16.0. The highest BCUT2D eigenvalue weighted by molar-refractivity contribution is 5.74. The van der Waals surface area contributed by atoms with Gasteiger partial charge in [0.2, 0.25) is 0 Å². The minimum absolute atomic E-state index is 0.217. The highest BCUT2D eigenvalue weighted by atomic mass is 19.1. The Kier molecular flexibility index (Phi) is 5.14. The van der Waals surface area contributed by atoms with Gasteiger partial charge >= 0.3 is 6.03 Å². The Bertz CT molecular complexity index is 629. The maximum atomic E-state index is 13.5. The van der Waals surface area contributed by atoms with Gasteiger partial charge in [0.05, 0.1) is 12.3 Å². The Balaban J connectivity index is 1.86. The van der Waals surface area contributed by atoms with Gasteiger partial charge in [0.1, 0.15) is 17.4 Å². The number of nitrogens with one attached hydrogen (secondary N) is 1. The van der Waals surface area contributed by atoms with Gasteiger partial charge in [0.15, 0.2) is 0 Å². The van der Waals surface area contributed by atoms with Gasteiger partial charge in [-0.3, -0.25) is 0 Å². The fourth-order valence-electron chi connectivity index (χ4n) is 2.06. The summed E-state index contributed by atoms with van der Waals surface area (Å²) in [5.41, 5.74) is 0.238. The minimum Gasteiger partial charge on any atom is -0.467 e. The number of carbonyl (C=O) groups is 1. The van der Waals surface area contributed by atoms with Crippen molar-refractivity contribution in [2.24, 2.45) is 0 Å². The largest absolute Gasteiger partial charge is 0.467 e. The average molecular weight is 308 g/mol. The van der Waals surface area contributed by atoms with Crippen LogP contribution in [-0.2, 0) is 6.42 Å². The average Bonchev–Trinajstić information content (AvgIpc) is 3.03. The maximum Gasteiger partial charge on any atom is 0.317 e. The van der Waals surface area contributed by atoms with Crippen LogP contribution < -0.4 is 5.32 Å². The molecule has 0 aliphatic heterocycles. The summed E-state index contributed by atoms with van der Waals surface area (Å²) in [5.74, 6) is -0.298. The number of benzene rings is 1. The third-order valence-corrected chi connectivity index (χ3v) is 3.53. The molecule has 2 aromatic rings. The third-order valence-electron chi connectivity index (χ3n) is 3.53. The van der Waals surface area contributed by atoms with Crippen LogP contribution in [-0.4, -0.2) is 24.5 Å². The predicted molar refractivity (Wildman–Crippen MR) is 78.3 cm³/mol. The quantitative estimate of drug-likeness (QED) is 0.919. The summed E-state index contributed by atoms with van der Waals surface area (Å²) < 4.78 is 31.8. The number of rotatable bonds is 5. The minimum atomic E-state index is -0.494. The van der Waals surface area contributed by atoms with Crippen molar-refractivity contribution >= 4 is 6.03 Å². The first-order valence-electron chi connectivity index (χ1n) is 6.97. The van der Waals surface area contributed by atoms with E-state index in [2.05, 4.69) is 5.32 Å². The van der Waals surface area contributed by atoms with Crippen LogP contribution in [0.1, 0.15) is 24.3 Å². The molecule has 1 aromatic carbocycles. The molecule has 0 radical (unpaired) electrons. The molecule has 1 atom stereocenters. The molecule has 0 fully saturated rings. The Morgan fingerprint density at radius 2 is 2.14 bits per heavy atom. The molecule has 0 aliphatic carbocycles. The fraction of sp³-hybridized carbons (Fsp3) is 0.312. The van der Waals surface area contributed by atoms with Crippen molar-refractivity contribution in [2.45, 2.75) is 19.4 Å². The van der Waals surface area contributed by atoms with E-state index in [0.717, 1.165) is 18.2 Å². The molecule has 1 unspecified atom stereocenters. The van der Waals surface area contributed by atoms with Crippen molar-refractivity contribution in [1.82, 2.24) is 10.2 Å². The fourth-order valence-corrected chi connectivity index (χ4v) is 2.06. The van der Waals surface area contributed by atoms with E-state index in [1.54, 1.807) is 25.4 Å². The first-order chi connectivity index (χ1) is 10.5. The smallest absolute Gasteiger partial charge is 0.317 e. The van der Waals surface area contributed by atoms with E-state index in [9.17, 15) is 13.6 Å². The lowest BCUT2D eigenvalue weighted by atomic mass is 10.1. The molecule has 1 aromatic heterocycles. The second-order valence-corrected chi connectivity index (χ2v) is 5.02. The van der Waals surface area contributed by atoms with E-state index in [1.165, 1.54) is 4.90 Å². The second kappa shape index (κ2) is 7.06. The second-order valence-electron chi connectivity index (χ2n) is 5.02. The van der Waals surface area contributed by atoms with Crippen molar-refractivity contribution in [1.29, 1.82) is 0 Å². The molecule has 0 bridgehead atoms. The van der Waals surface area contributed by atoms with Crippen LogP contribution in [0.15, 0.2) is 41.0 Å². The zero-order chi connectivity index (χ0) is 16.1. The van der Waals surface area contributed by atoms with Crippen molar-refractivity contribution in [2.75, 3.05) is 13.6 Å². The van der Waals surface area contributed by atoms with Crippen molar-refractivity contribution in [3.8, 4) is 0 Å². The van der Waals surface area contributed by atoms with E-state index >= 15 is 0 Å². The molecule has 2 amide bonds. The van der Waals surface area contributed by atoms with Crippen LogP contribution in [0, 0.1) is 11.6 Å². The van der Waals surface area contributed by atoms with Gasteiger partial charge in [-0.15, -0.1) is 0 Å². The van der Waals surface area contributed by atoms with E-state index in [4.69, 9.17) is 4.42 Å². The molecular weight excluding hydrogens is 290 g/mol. The monoisotopic (exact) mass is 308 g/mol. The van der Waals surface area contributed by atoms with Crippen molar-refractivity contribution in [3.63, 3.8) is 0 Å². The summed E-state index contributed by atoms with van der Waals surface area (Å²) in [6.07, 6.45) is 1.77. The number of urea groups is 1. The molecule has 4 nitrogen and oxygen atoms in total. The van der Waals surface area contributed by atoms with Gasteiger partial charge in [0, 0.05) is 13.6 Å². The number of halogens is 2. The van der Waals surface area contributed by atoms with Crippen LogP contribution in [0.25, 0.3) is 0 Å². The number of amides is 2. The Labute approximate surface area is 127 Å². The van der Waals surface area contributed by atoms with Crippen LogP contribution in [0.5, 0.6) is 0 Å². The molecule has 0 aliphatic rings. The first-order valence-corrected chi connectivity index (χ1v) is 6.97. The van der Waals surface area contributed by atoms with Gasteiger partial charge in [-0.25, -0.2) is 13.6 Å². The molecule has 118 valence electrons. The van der Waals surface area contributed by atoms with Crippen LogP contribution in [0.3, 0.4) is 0 Å². The normalized spacial score (nSPS) is 12.0. The zero-order valence-corrected chi connectivity index (χ0v) is 12.5. The SMILES string of the molecule is CC(c1ccco1)N(C)C(=O)NCCc1cc(F)ccc1F. The van der Waals surface area contributed by atoms with Gasteiger partial charge in [-0.2, -0.15) is 0 Å². The van der Waals surface area contributed by atoms with Gasteiger partial charge in [-0.05, 0) is 49.2 Å². The zero-order valence-electron chi connectivity index (χ0n) is 12.5. The van der Waals surface area contributed by atoms with Crippen molar-refractivity contribution < 1.29 is 18.0 Å². The van der Waals surface area contributed by atoms with Crippen molar-refractivity contribution in [3.05, 3.63) is 59.6 Å². The standard InChI is InChI=1S/C16H18F2N2O2/c1-11(15-4-3-9-22-15)20(2)16(21)19-8-7-12-10-13(17)5-6-14(12)18/h3-6,9-11H,7-8H2,1-2H3,(H,19,21). The molecule has 0 spiro atoms. The number of hydrogen-bond acceptors (Lipinski definition) is 2. The summed E-state index contributed by atoms with van der Waals surface area (Å²) in [6.45, 7) is 2.05.